The summed E-state index contributed by atoms with van der Waals surface area (Å²) in [7, 11) is 0. The highest BCUT2D eigenvalue weighted by atomic mass is 35.5. The molecule has 0 radical (unpaired) electrons. The fraction of sp³-hybridized carbons (Fsp3) is 0.125. The molecule has 31 heavy (non-hydrogen) atoms. The quantitative estimate of drug-likeness (QED) is 0.303. The van der Waals surface area contributed by atoms with Crippen LogP contribution in [0.5, 0.6) is 11.6 Å². The number of aromatic nitrogens is 2. The third-order valence-corrected chi connectivity index (χ3v) is 5.70. The number of rotatable bonds is 3. The summed E-state index contributed by atoms with van der Waals surface area (Å²) in [6.45, 7) is 5.75. The van der Waals surface area contributed by atoms with E-state index in [1.807, 2.05) is 12.1 Å². The van der Waals surface area contributed by atoms with Gasteiger partial charge in [0.2, 0.25) is 5.88 Å². The molecule has 0 spiro atoms. The average Bonchev–Trinajstić information content (AvgIpc) is 2.76. The lowest BCUT2D eigenvalue weighted by Crippen LogP contribution is -2.33. The molecule has 0 N–H and O–H groups in total. The molecule has 1 aliphatic rings. The Morgan fingerprint density at radius 1 is 1.13 bits per heavy atom. The molecule has 6 nitrogen and oxygen atoms in total. The summed E-state index contributed by atoms with van der Waals surface area (Å²) in [5.41, 5.74) is 0.813. The lowest BCUT2D eigenvalue weighted by atomic mass is 9.84. The first-order valence-electron chi connectivity index (χ1n) is 9.71. The zero-order chi connectivity index (χ0) is 21.7. The highest BCUT2D eigenvalue weighted by Gasteiger charge is 2.37. The summed E-state index contributed by atoms with van der Waals surface area (Å²) in [6, 6.07) is 14.1. The van der Waals surface area contributed by atoms with Gasteiger partial charge in [-0.05, 0) is 36.8 Å². The predicted molar refractivity (Wildman–Crippen MR) is 118 cm³/mol. The molecule has 0 aliphatic carbocycles. The number of benzene rings is 2. The Morgan fingerprint density at radius 2 is 1.87 bits per heavy atom. The van der Waals surface area contributed by atoms with E-state index in [9.17, 15) is 9.59 Å². The van der Waals surface area contributed by atoms with Crippen LogP contribution in [0.1, 0.15) is 28.4 Å². The van der Waals surface area contributed by atoms with Crippen LogP contribution in [0.2, 0.25) is 5.02 Å². The Bertz CT molecular complexity index is 1470. The molecule has 7 heteroatoms. The van der Waals surface area contributed by atoms with Crippen molar-refractivity contribution in [3.05, 3.63) is 109 Å². The first-order chi connectivity index (χ1) is 15.0. The maximum Gasteiger partial charge on any atom is 0.344 e. The van der Waals surface area contributed by atoms with Crippen LogP contribution in [0.15, 0.2) is 75.2 Å². The van der Waals surface area contributed by atoms with E-state index in [1.165, 1.54) is 4.57 Å². The minimum Gasteiger partial charge on any atom is -0.437 e. The second kappa shape index (κ2) is 7.25. The normalized spacial score (nSPS) is 14.6. The van der Waals surface area contributed by atoms with Crippen LogP contribution in [-0.4, -0.2) is 9.55 Å². The highest BCUT2D eigenvalue weighted by Crippen LogP contribution is 2.46. The van der Waals surface area contributed by atoms with Crippen LogP contribution in [0.25, 0.3) is 11.0 Å². The Kier molecular flexibility index (Phi) is 4.52. The minimum atomic E-state index is -0.714. The minimum absolute atomic E-state index is 0.186. The molecule has 0 saturated heterocycles. The Hall–Kier alpha value is -3.64. The molecule has 154 valence electrons. The van der Waals surface area contributed by atoms with Crippen molar-refractivity contribution < 1.29 is 9.15 Å². The lowest BCUT2D eigenvalue weighted by Gasteiger charge is -2.28. The van der Waals surface area contributed by atoms with E-state index in [2.05, 4.69) is 11.6 Å². The fourth-order valence-electron chi connectivity index (χ4n) is 4.04. The van der Waals surface area contributed by atoms with Crippen molar-refractivity contribution >= 4 is 22.6 Å². The number of hydrogen-bond acceptors (Lipinski definition) is 5. The first kappa shape index (κ1) is 19.3. The summed E-state index contributed by atoms with van der Waals surface area (Å²) in [4.78, 5) is 31.2. The van der Waals surface area contributed by atoms with Gasteiger partial charge in [-0.25, -0.2) is 4.79 Å². The Labute approximate surface area is 182 Å². The number of nitrogens with zero attached hydrogens (tertiary/aromatic N) is 2. The molecule has 0 amide bonds. The lowest BCUT2D eigenvalue weighted by molar-refractivity contribution is 0.414. The summed E-state index contributed by atoms with van der Waals surface area (Å²) < 4.78 is 13.2. The summed E-state index contributed by atoms with van der Waals surface area (Å²) >= 11 is 6.08. The van der Waals surface area contributed by atoms with Crippen molar-refractivity contribution in [2.45, 2.75) is 19.4 Å². The van der Waals surface area contributed by atoms with Gasteiger partial charge in [0.25, 0.3) is 5.56 Å². The van der Waals surface area contributed by atoms with E-state index in [0.29, 0.717) is 33.1 Å². The molecule has 4 aromatic rings. The summed E-state index contributed by atoms with van der Waals surface area (Å²) in [6.07, 6.45) is 1.62. The Balaban J connectivity index is 1.90. The van der Waals surface area contributed by atoms with Crippen molar-refractivity contribution in [1.29, 1.82) is 0 Å². The molecule has 0 bridgehead atoms. The van der Waals surface area contributed by atoms with E-state index in [1.54, 1.807) is 49.4 Å². The molecule has 0 unspecified atom stereocenters. The molecule has 1 aliphatic heterocycles. The van der Waals surface area contributed by atoms with Crippen LogP contribution in [0.4, 0.5) is 0 Å². The van der Waals surface area contributed by atoms with E-state index in [0.717, 1.165) is 0 Å². The zero-order valence-corrected chi connectivity index (χ0v) is 17.3. The van der Waals surface area contributed by atoms with Crippen molar-refractivity contribution in [1.82, 2.24) is 9.55 Å². The van der Waals surface area contributed by atoms with Crippen molar-refractivity contribution in [2.24, 2.45) is 0 Å². The number of hydrogen-bond donors (Lipinski definition) is 0. The summed E-state index contributed by atoms with van der Waals surface area (Å²) in [5, 5.41) is 1.18. The predicted octanol–water partition coefficient (Wildman–Crippen LogP) is 4.78. The molecular formula is C24H17ClN2O4. The summed E-state index contributed by atoms with van der Waals surface area (Å²) in [5.74, 6) is 0.320. The molecule has 3 heterocycles. The van der Waals surface area contributed by atoms with Gasteiger partial charge in [0.1, 0.15) is 11.4 Å². The van der Waals surface area contributed by atoms with Gasteiger partial charge in [-0.2, -0.15) is 4.98 Å². The van der Waals surface area contributed by atoms with Crippen LogP contribution in [0.3, 0.4) is 0 Å². The van der Waals surface area contributed by atoms with Crippen molar-refractivity contribution in [3.8, 4) is 11.6 Å². The average molecular weight is 433 g/mol. The van der Waals surface area contributed by atoms with E-state index in [4.69, 9.17) is 20.8 Å². The van der Waals surface area contributed by atoms with E-state index >= 15 is 0 Å². The molecule has 1 atom stereocenters. The highest BCUT2D eigenvalue weighted by molar-refractivity contribution is 6.30. The number of fused-ring (bicyclic) bond motifs is 4. The van der Waals surface area contributed by atoms with E-state index < -0.39 is 11.5 Å². The van der Waals surface area contributed by atoms with Crippen molar-refractivity contribution in [2.75, 3.05) is 0 Å². The molecule has 2 aromatic heterocycles. The van der Waals surface area contributed by atoms with Crippen LogP contribution < -0.4 is 15.9 Å². The smallest absolute Gasteiger partial charge is 0.344 e. The molecule has 5 rings (SSSR count). The van der Waals surface area contributed by atoms with Gasteiger partial charge >= 0.3 is 5.63 Å². The topological polar surface area (TPSA) is 74.3 Å². The zero-order valence-electron chi connectivity index (χ0n) is 16.6. The number of para-hydroxylation sites is 1. The number of allylic oxidation sites excluding steroid dienone is 1. The largest absolute Gasteiger partial charge is 0.437 e. The number of aryl methyl sites for hydroxylation is 1. The standard InChI is InChI=1S/C24H17ClN2O4/c1-3-12-27-13(2)26-22-20(23(27)28)18(14-8-10-15(25)11-9-14)19-21(31-22)16-6-4-5-7-17(16)30-24(19)29/h3-11,18H,1,12H2,2H3/t18-/m1/s1. The van der Waals surface area contributed by atoms with Gasteiger partial charge in [-0.3, -0.25) is 9.36 Å². The molecule has 0 fully saturated rings. The first-order valence-corrected chi connectivity index (χ1v) is 10.1. The third-order valence-electron chi connectivity index (χ3n) is 5.45. The maximum atomic E-state index is 13.5. The molecular weight excluding hydrogens is 416 g/mol. The van der Waals surface area contributed by atoms with Gasteiger partial charge in [0.15, 0.2) is 5.75 Å². The fourth-order valence-corrected chi connectivity index (χ4v) is 4.17. The van der Waals surface area contributed by atoms with Crippen LogP contribution in [-0.2, 0) is 6.54 Å². The van der Waals surface area contributed by atoms with Gasteiger partial charge in [0.05, 0.1) is 22.4 Å². The second-order valence-corrected chi connectivity index (χ2v) is 7.73. The van der Waals surface area contributed by atoms with Gasteiger partial charge in [0, 0.05) is 11.6 Å². The van der Waals surface area contributed by atoms with Crippen molar-refractivity contribution in [3.63, 3.8) is 0 Å². The van der Waals surface area contributed by atoms with E-state index in [-0.39, 0.29) is 29.1 Å². The number of halogens is 1. The van der Waals surface area contributed by atoms with Crippen LogP contribution in [0, 0.1) is 6.92 Å². The Morgan fingerprint density at radius 3 is 2.61 bits per heavy atom. The number of ether oxygens (including phenoxy) is 1. The maximum absolute atomic E-state index is 13.5. The third kappa shape index (κ3) is 2.99. The monoisotopic (exact) mass is 432 g/mol. The van der Waals surface area contributed by atoms with Gasteiger partial charge in [-0.1, -0.05) is 41.9 Å². The SMILES string of the molecule is C=CCn1c(C)nc2c(c1=O)[C@H](c1ccc(Cl)cc1)c1c(c3ccccc3oc1=O)O2. The second-order valence-electron chi connectivity index (χ2n) is 7.30. The molecule has 0 saturated carbocycles. The van der Waals surface area contributed by atoms with Gasteiger partial charge in [-0.15, -0.1) is 6.58 Å². The van der Waals surface area contributed by atoms with Crippen LogP contribution >= 0.6 is 11.6 Å². The molecule has 2 aromatic carbocycles. The van der Waals surface area contributed by atoms with Gasteiger partial charge < -0.3 is 9.15 Å².